The second kappa shape index (κ2) is 10.4. The predicted molar refractivity (Wildman–Crippen MR) is 116 cm³/mol. The van der Waals surface area contributed by atoms with Crippen molar-refractivity contribution in [3.63, 3.8) is 0 Å². The van der Waals surface area contributed by atoms with Crippen LogP contribution in [0.3, 0.4) is 0 Å². The van der Waals surface area contributed by atoms with E-state index in [1.165, 1.54) is 68.1 Å². The van der Waals surface area contributed by atoms with Gasteiger partial charge >= 0.3 is 0 Å². The van der Waals surface area contributed by atoms with E-state index in [0.29, 0.717) is 23.7 Å². The Bertz CT molecular complexity index is 749. The molecule has 28 heavy (non-hydrogen) atoms. The fraction of sp³-hybridized carbons (Fsp3) is 0.500. The molecule has 1 atom stereocenters. The first-order valence-electron chi connectivity index (χ1n) is 11.0. The van der Waals surface area contributed by atoms with Crippen LogP contribution in [0.4, 0.5) is 0 Å². The third kappa shape index (κ3) is 5.69. The highest BCUT2D eigenvalue weighted by molar-refractivity contribution is 5.64. The largest absolute Gasteiger partial charge is 0.375 e. The Kier molecular flexibility index (Phi) is 7.69. The van der Waals surface area contributed by atoms with Gasteiger partial charge in [-0.05, 0) is 73.8 Å². The minimum absolute atomic E-state index is 0.403. The number of unbranched alkanes of at least 4 members (excludes halogenated alkanes) is 2. The first-order chi connectivity index (χ1) is 13.7. The number of rotatable bonds is 8. The normalized spacial score (nSPS) is 20.5. The van der Waals surface area contributed by atoms with Crippen LogP contribution in [0, 0.1) is 11.3 Å². The number of hydrogen-bond acceptors (Lipinski definition) is 2. The second-order valence-electron chi connectivity index (χ2n) is 8.23. The van der Waals surface area contributed by atoms with Crippen molar-refractivity contribution in [3.8, 4) is 17.2 Å². The van der Waals surface area contributed by atoms with Crippen LogP contribution in [0.25, 0.3) is 11.1 Å². The van der Waals surface area contributed by atoms with E-state index in [-0.39, 0.29) is 0 Å². The molecule has 0 radical (unpaired) electrons. The van der Waals surface area contributed by atoms with Gasteiger partial charge in [-0.25, -0.2) is 0 Å². The van der Waals surface area contributed by atoms with Gasteiger partial charge in [-0.3, -0.25) is 0 Å². The van der Waals surface area contributed by atoms with Crippen molar-refractivity contribution in [2.75, 3.05) is 0 Å². The minimum atomic E-state index is 0.403. The van der Waals surface area contributed by atoms with Crippen LogP contribution in [0.2, 0.25) is 0 Å². The maximum Gasteiger partial charge on any atom is 0.0991 e. The molecule has 0 aromatic heterocycles. The smallest absolute Gasteiger partial charge is 0.0991 e. The fourth-order valence-corrected chi connectivity index (χ4v) is 4.30. The Labute approximate surface area is 170 Å². The van der Waals surface area contributed by atoms with E-state index in [9.17, 15) is 0 Å². The molecule has 2 nitrogen and oxygen atoms in total. The number of hydrogen-bond donors (Lipinski definition) is 0. The van der Waals surface area contributed by atoms with Gasteiger partial charge in [0.25, 0.3) is 0 Å². The molecule has 1 aliphatic rings. The maximum atomic E-state index is 8.94. The molecule has 1 aliphatic carbocycles. The van der Waals surface area contributed by atoms with Crippen LogP contribution in [0.15, 0.2) is 48.5 Å². The van der Waals surface area contributed by atoms with Crippen LogP contribution >= 0.6 is 0 Å². The van der Waals surface area contributed by atoms with Gasteiger partial charge in [0.05, 0.1) is 23.8 Å². The Morgan fingerprint density at radius 3 is 2.11 bits per heavy atom. The lowest BCUT2D eigenvalue weighted by Gasteiger charge is -2.31. The summed E-state index contributed by atoms with van der Waals surface area (Å²) in [6.07, 6.45) is 10.8. The Balaban J connectivity index is 1.50. The number of nitrogens with zero attached hydrogens (tertiary/aromatic N) is 1. The van der Waals surface area contributed by atoms with Gasteiger partial charge in [0.15, 0.2) is 0 Å². The van der Waals surface area contributed by atoms with Crippen LogP contribution in [-0.2, 0) is 4.74 Å². The molecular weight excluding hydrogens is 342 g/mol. The van der Waals surface area contributed by atoms with Gasteiger partial charge in [0.2, 0.25) is 0 Å². The molecule has 148 valence electrons. The Morgan fingerprint density at radius 2 is 1.54 bits per heavy atom. The van der Waals surface area contributed by atoms with E-state index in [0.717, 1.165) is 0 Å². The Hall–Kier alpha value is -2.11. The molecule has 2 aromatic carbocycles. The summed E-state index contributed by atoms with van der Waals surface area (Å²) in [6.45, 7) is 4.49. The average molecular weight is 376 g/mol. The van der Waals surface area contributed by atoms with E-state index in [1.807, 2.05) is 24.3 Å². The Morgan fingerprint density at radius 1 is 0.929 bits per heavy atom. The summed E-state index contributed by atoms with van der Waals surface area (Å²) in [6, 6.07) is 19.0. The summed E-state index contributed by atoms with van der Waals surface area (Å²) in [4.78, 5) is 0. The molecule has 0 spiro atoms. The van der Waals surface area contributed by atoms with E-state index >= 15 is 0 Å². The summed E-state index contributed by atoms with van der Waals surface area (Å²) >= 11 is 0. The minimum Gasteiger partial charge on any atom is -0.375 e. The molecule has 2 aromatic rings. The van der Waals surface area contributed by atoms with Crippen LogP contribution in [0.1, 0.15) is 82.3 Å². The zero-order valence-corrected chi connectivity index (χ0v) is 17.4. The highest BCUT2D eigenvalue weighted by atomic mass is 16.5. The third-order valence-electron chi connectivity index (χ3n) is 6.04. The van der Waals surface area contributed by atoms with Crippen molar-refractivity contribution in [1.29, 1.82) is 5.26 Å². The number of nitriles is 1. The van der Waals surface area contributed by atoms with Crippen molar-refractivity contribution in [3.05, 3.63) is 59.7 Å². The lowest BCUT2D eigenvalue weighted by Crippen LogP contribution is -2.25. The van der Waals surface area contributed by atoms with Gasteiger partial charge in [-0.1, -0.05) is 62.6 Å². The third-order valence-corrected chi connectivity index (χ3v) is 6.04. The standard InChI is InChI=1S/C26H33NO/c1-3-4-5-6-20(2)28-26-17-15-25(16-18-26)24-13-11-23(12-14-24)22-9-7-21(19-27)8-10-22/h7-14,20,25-26H,3-6,15-18H2,1-2H3. The molecule has 1 saturated carbocycles. The summed E-state index contributed by atoms with van der Waals surface area (Å²) in [5.41, 5.74) is 4.54. The molecular formula is C26H33NO. The fourth-order valence-electron chi connectivity index (χ4n) is 4.30. The van der Waals surface area contributed by atoms with Crippen LogP contribution in [0.5, 0.6) is 0 Å². The molecule has 2 heteroatoms. The molecule has 0 bridgehead atoms. The topological polar surface area (TPSA) is 33.0 Å². The van der Waals surface area contributed by atoms with E-state index in [1.54, 1.807) is 0 Å². The van der Waals surface area contributed by atoms with Crippen molar-refractivity contribution in [2.24, 2.45) is 0 Å². The van der Waals surface area contributed by atoms with Gasteiger partial charge in [-0.15, -0.1) is 0 Å². The number of benzene rings is 2. The summed E-state index contributed by atoms with van der Waals surface area (Å²) in [5, 5.41) is 8.94. The molecule has 0 heterocycles. The predicted octanol–water partition coefficient (Wildman–Crippen LogP) is 7.24. The molecule has 0 N–H and O–H groups in total. The van der Waals surface area contributed by atoms with E-state index < -0.39 is 0 Å². The van der Waals surface area contributed by atoms with Crippen molar-refractivity contribution in [2.45, 2.75) is 83.3 Å². The second-order valence-corrected chi connectivity index (χ2v) is 8.23. The zero-order valence-electron chi connectivity index (χ0n) is 17.4. The molecule has 0 amide bonds. The first-order valence-corrected chi connectivity index (χ1v) is 11.0. The highest BCUT2D eigenvalue weighted by Crippen LogP contribution is 2.35. The molecule has 1 fully saturated rings. The zero-order chi connectivity index (χ0) is 19.8. The lowest BCUT2D eigenvalue weighted by molar-refractivity contribution is -0.0276. The van der Waals surface area contributed by atoms with Crippen molar-refractivity contribution < 1.29 is 4.74 Å². The summed E-state index contributed by atoms with van der Waals surface area (Å²) in [7, 11) is 0. The highest BCUT2D eigenvalue weighted by Gasteiger charge is 2.24. The molecule has 0 aliphatic heterocycles. The number of ether oxygens (including phenoxy) is 1. The average Bonchev–Trinajstić information content (AvgIpc) is 2.75. The van der Waals surface area contributed by atoms with Crippen LogP contribution < -0.4 is 0 Å². The quantitative estimate of drug-likeness (QED) is 0.456. The molecule has 1 unspecified atom stereocenters. The van der Waals surface area contributed by atoms with Gasteiger partial charge in [-0.2, -0.15) is 5.26 Å². The van der Waals surface area contributed by atoms with E-state index in [2.05, 4.69) is 44.2 Å². The van der Waals surface area contributed by atoms with E-state index in [4.69, 9.17) is 10.00 Å². The van der Waals surface area contributed by atoms with Crippen molar-refractivity contribution >= 4 is 0 Å². The maximum absolute atomic E-state index is 8.94. The van der Waals surface area contributed by atoms with Crippen LogP contribution in [-0.4, -0.2) is 12.2 Å². The lowest BCUT2D eigenvalue weighted by atomic mass is 9.82. The van der Waals surface area contributed by atoms with Gasteiger partial charge < -0.3 is 4.74 Å². The SMILES string of the molecule is CCCCCC(C)OC1CCC(c2ccc(-c3ccc(C#N)cc3)cc2)CC1. The van der Waals surface area contributed by atoms with Gasteiger partial charge in [0, 0.05) is 0 Å². The molecule has 3 rings (SSSR count). The van der Waals surface area contributed by atoms with Gasteiger partial charge in [0.1, 0.15) is 0 Å². The first kappa shape index (κ1) is 20.6. The van der Waals surface area contributed by atoms with Crippen molar-refractivity contribution in [1.82, 2.24) is 0 Å². The monoisotopic (exact) mass is 375 g/mol. The summed E-state index contributed by atoms with van der Waals surface area (Å²) < 4.78 is 6.29. The molecule has 0 saturated heterocycles. The summed E-state index contributed by atoms with van der Waals surface area (Å²) in [5.74, 6) is 0.658.